The van der Waals surface area contributed by atoms with Crippen molar-refractivity contribution in [1.29, 1.82) is 5.26 Å². The Balaban J connectivity index is 1.37. The predicted octanol–water partition coefficient (Wildman–Crippen LogP) is 4.83. The van der Waals surface area contributed by atoms with Crippen molar-refractivity contribution in [2.45, 2.75) is 46.3 Å². The average Bonchev–Trinajstić information content (AvgIpc) is 3.34. The third-order valence-electron chi connectivity index (χ3n) is 7.21. The van der Waals surface area contributed by atoms with E-state index >= 15 is 0 Å². The molecule has 1 aliphatic heterocycles. The summed E-state index contributed by atoms with van der Waals surface area (Å²) >= 11 is 0. The fourth-order valence-corrected chi connectivity index (χ4v) is 5.30. The number of aromatic nitrogens is 4. The van der Waals surface area contributed by atoms with Gasteiger partial charge in [-0.15, -0.1) is 0 Å². The molecule has 0 bridgehead atoms. The van der Waals surface area contributed by atoms with Gasteiger partial charge in [-0.3, -0.25) is 0 Å². The standard InChI is InChI=1S/C30H34FN7O2/c1-18-14-37(15-19(2)27(18)36-29-25(31)8-6-20(3)35-29)26-9-7-21(12-33-26)24-10-23(40-17-30(4,5)39)16-38-28(24)22(11-32)13-34-38/h6-10,12-13,16,18-19,27,39H,14-15,17H2,1-5H3,(H,35,36)/t18-,19+,27?. The second-order valence-corrected chi connectivity index (χ2v) is 11.4. The molecule has 4 aromatic heterocycles. The van der Waals surface area contributed by atoms with Gasteiger partial charge in [-0.1, -0.05) is 13.8 Å². The molecule has 5 rings (SSSR count). The number of aliphatic hydroxyl groups is 1. The van der Waals surface area contributed by atoms with Crippen LogP contribution < -0.4 is 15.0 Å². The van der Waals surface area contributed by atoms with Gasteiger partial charge in [-0.05, 0) is 62.9 Å². The number of hydrogen-bond donors (Lipinski definition) is 2. The van der Waals surface area contributed by atoms with Crippen LogP contribution in [0.4, 0.5) is 16.0 Å². The van der Waals surface area contributed by atoms with E-state index in [1.165, 1.54) is 12.3 Å². The quantitative estimate of drug-likeness (QED) is 0.341. The van der Waals surface area contributed by atoms with Crippen molar-refractivity contribution < 1.29 is 14.2 Å². The van der Waals surface area contributed by atoms with Gasteiger partial charge in [0.15, 0.2) is 11.6 Å². The third kappa shape index (κ3) is 5.70. The van der Waals surface area contributed by atoms with Crippen molar-refractivity contribution in [3.63, 3.8) is 0 Å². The highest BCUT2D eigenvalue weighted by molar-refractivity contribution is 5.85. The van der Waals surface area contributed by atoms with Crippen molar-refractivity contribution in [3.8, 4) is 22.9 Å². The predicted molar refractivity (Wildman–Crippen MR) is 152 cm³/mol. The summed E-state index contributed by atoms with van der Waals surface area (Å²) in [6, 6.07) is 11.2. The number of fused-ring (bicyclic) bond motifs is 1. The Hall–Kier alpha value is -4.23. The van der Waals surface area contributed by atoms with E-state index in [2.05, 4.69) is 40.2 Å². The Morgan fingerprint density at radius 3 is 2.58 bits per heavy atom. The van der Waals surface area contributed by atoms with E-state index in [9.17, 15) is 14.8 Å². The molecule has 9 nitrogen and oxygen atoms in total. The van der Waals surface area contributed by atoms with Crippen LogP contribution in [0.25, 0.3) is 16.6 Å². The maximum atomic E-state index is 14.4. The molecule has 0 aromatic carbocycles. The molecule has 0 saturated carbocycles. The molecule has 0 amide bonds. The zero-order chi connectivity index (χ0) is 28.6. The highest BCUT2D eigenvalue weighted by Gasteiger charge is 2.33. The number of ether oxygens (including phenoxy) is 1. The first-order chi connectivity index (χ1) is 19.0. The number of piperidine rings is 1. The Labute approximate surface area is 233 Å². The van der Waals surface area contributed by atoms with E-state index in [0.717, 1.165) is 35.7 Å². The summed E-state index contributed by atoms with van der Waals surface area (Å²) in [5, 5.41) is 27.4. The van der Waals surface area contributed by atoms with E-state index in [1.807, 2.05) is 25.1 Å². The van der Waals surface area contributed by atoms with Gasteiger partial charge in [0, 0.05) is 42.1 Å². The average molecular weight is 544 g/mol. The lowest BCUT2D eigenvalue weighted by Gasteiger charge is -2.42. The van der Waals surface area contributed by atoms with Crippen LogP contribution in [0.1, 0.15) is 39.0 Å². The highest BCUT2D eigenvalue weighted by atomic mass is 19.1. The summed E-state index contributed by atoms with van der Waals surface area (Å²) < 4.78 is 21.8. The summed E-state index contributed by atoms with van der Waals surface area (Å²) in [5.41, 5.74) is 2.47. The van der Waals surface area contributed by atoms with Crippen LogP contribution in [0, 0.1) is 35.9 Å². The van der Waals surface area contributed by atoms with Crippen LogP contribution >= 0.6 is 0 Å². The maximum absolute atomic E-state index is 14.4. The fraction of sp³-hybridized carbons (Fsp3) is 0.400. The molecule has 1 saturated heterocycles. The number of aryl methyl sites for hydroxylation is 1. The van der Waals surface area contributed by atoms with Crippen molar-refractivity contribution in [2.24, 2.45) is 11.8 Å². The van der Waals surface area contributed by atoms with Crippen molar-refractivity contribution in [3.05, 3.63) is 66.0 Å². The molecule has 3 atom stereocenters. The van der Waals surface area contributed by atoms with E-state index in [-0.39, 0.29) is 30.3 Å². The minimum atomic E-state index is -0.998. The molecule has 1 aliphatic rings. The van der Waals surface area contributed by atoms with E-state index in [4.69, 9.17) is 9.72 Å². The number of rotatable bonds is 7. The molecule has 208 valence electrons. The van der Waals surface area contributed by atoms with E-state index < -0.39 is 5.60 Å². The molecule has 0 radical (unpaired) electrons. The van der Waals surface area contributed by atoms with Gasteiger partial charge >= 0.3 is 0 Å². The molecule has 4 aromatic rings. The molecule has 1 fully saturated rings. The molecule has 2 N–H and O–H groups in total. The van der Waals surface area contributed by atoms with Gasteiger partial charge in [0.2, 0.25) is 0 Å². The summed E-state index contributed by atoms with van der Waals surface area (Å²) in [5.74, 6) is 1.78. The number of anilines is 2. The van der Waals surface area contributed by atoms with Crippen LogP contribution in [0.5, 0.6) is 5.75 Å². The Bertz CT molecular complexity index is 1540. The second kappa shape index (κ2) is 10.7. The molecule has 0 aliphatic carbocycles. The first kappa shape index (κ1) is 27.3. The van der Waals surface area contributed by atoms with Gasteiger partial charge in [0.25, 0.3) is 0 Å². The number of nitriles is 1. The monoisotopic (exact) mass is 543 g/mol. The van der Waals surface area contributed by atoms with Gasteiger partial charge in [0.1, 0.15) is 24.2 Å². The molecule has 40 heavy (non-hydrogen) atoms. The number of nitrogens with one attached hydrogen (secondary N) is 1. The lowest BCUT2D eigenvalue weighted by atomic mass is 9.85. The fourth-order valence-electron chi connectivity index (χ4n) is 5.30. The number of halogens is 1. The van der Waals surface area contributed by atoms with E-state index in [1.54, 1.807) is 36.8 Å². The Morgan fingerprint density at radius 2 is 1.93 bits per heavy atom. The first-order valence-corrected chi connectivity index (χ1v) is 13.4. The van der Waals surface area contributed by atoms with Crippen LogP contribution in [0.15, 0.2) is 48.9 Å². The van der Waals surface area contributed by atoms with Gasteiger partial charge in [-0.25, -0.2) is 18.9 Å². The molecule has 5 heterocycles. The molecule has 10 heteroatoms. The third-order valence-corrected chi connectivity index (χ3v) is 7.21. The van der Waals surface area contributed by atoms with E-state index in [0.29, 0.717) is 22.6 Å². The van der Waals surface area contributed by atoms with Gasteiger partial charge < -0.3 is 20.1 Å². The minimum Gasteiger partial charge on any atom is -0.489 e. The van der Waals surface area contributed by atoms with Crippen LogP contribution in [-0.4, -0.2) is 56.0 Å². The lowest BCUT2D eigenvalue weighted by molar-refractivity contribution is 0.0283. The highest BCUT2D eigenvalue weighted by Crippen LogP contribution is 2.33. The number of hydrogen-bond acceptors (Lipinski definition) is 8. The van der Waals surface area contributed by atoms with Crippen molar-refractivity contribution in [2.75, 3.05) is 29.9 Å². The zero-order valence-corrected chi connectivity index (χ0v) is 23.4. The van der Waals surface area contributed by atoms with Crippen LogP contribution in [0.2, 0.25) is 0 Å². The Kier molecular flexibility index (Phi) is 7.34. The summed E-state index contributed by atoms with van der Waals surface area (Å²) in [6.45, 7) is 11.1. The number of nitrogens with zero attached hydrogens (tertiary/aromatic N) is 6. The smallest absolute Gasteiger partial charge is 0.165 e. The molecular formula is C30H34FN7O2. The molecular weight excluding hydrogens is 509 g/mol. The van der Waals surface area contributed by atoms with Gasteiger partial charge in [0.05, 0.1) is 29.1 Å². The first-order valence-electron chi connectivity index (χ1n) is 13.4. The largest absolute Gasteiger partial charge is 0.489 e. The van der Waals surface area contributed by atoms with Crippen LogP contribution in [0.3, 0.4) is 0 Å². The van der Waals surface area contributed by atoms with Crippen molar-refractivity contribution >= 4 is 17.2 Å². The van der Waals surface area contributed by atoms with Crippen molar-refractivity contribution in [1.82, 2.24) is 19.6 Å². The van der Waals surface area contributed by atoms with Crippen LogP contribution in [-0.2, 0) is 0 Å². The topological polar surface area (TPSA) is 112 Å². The molecule has 1 unspecified atom stereocenters. The normalized spacial score (nSPS) is 19.4. The zero-order valence-electron chi connectivity index (χ0n) is 23.4. The van der Waals surface area contributed by atoms with Gasteiger partial charge in [-0.2, -0.15) is 10.4 Å². The Morgan fingerprint density at radius 1 is 1.18 bits per heavy atom. The summed E-state index contributed by atoms with van der Waals surface area (Å²) in [4.78, 5) is 11.4. The molecule has 0 spiro atoms. The maximum Gasteiger partial charge on any atom is 0.165 e. The number of pyridine rings is 3. The SMILES string of the molecule is Cc1ccc(F)c(NC2[C@H](C)CN(c3ccc(-c4cc(OCC(C)(C)O)cn5ncc(C#N)c45)cn3)C[C@@H]2C)n1. The summed E-state index contributed by atoms with van der Waals surface area (Å²) in [6.07, 6.45) is 5.02. The second-order valence-electron chi connectivity index (χ2n) is 11.4. The summed E-state index contributed by atoms with van der Waals surface area (Å²) in [7, 11) is 0. The lowest BCUT2D eigenvalue weighted by Crippen LogP contribution is -2.51. The minimum absolute atomic E-state index is 0.0745.